The van der Waals surface area contributed by atoms with Crippen molar-refractivity contribution < 1.29 is 5.11 Å². The van der Waals surface area contributed by atoms with Crippen LogP contribution in [0.4, 0.5) is 5.69 Å². The molecule has 5 heteroatoms. The van der Waals surface area contributed by atoms with Gasteiger partial charge >= 0.3 is 0 Å². The van der Waals surface area contributed by atoms with Crippen LogP contribution in [-0.2, 0) is 19.4 Å². The second kappa shape index (κ2) is 8.17. The topological polar surface area (TPSA) is 44.5 Å². The maximum atomic E-state index is 9.18. The number of allylic oxidation sites excluding steroid dienone is 1. The van der Waals surface area contributed by atoms with Gasteiger partial charge in [0.25, 0.3) is 0 Å². The maximum absolute atomic E-state index is 9.18. The van der Waals surface area contributed by atoms with Gasteiger partial charge in [0.2, 0.25) is 0 Å². The SMILES string of the molecule is C=C(CCc1c(-c2cnn(CCO)c2)ccc2c1CCC(C)N2C)N(C)C. The normalized spacial score (nSPS) is 16.3. The molecule has 0 radical (unpaired) electrons. The minimum absolute atomic E-state index is 0.101. The molecule has 1 aliphatic heterocycles. The van der Waals surface area contributed by atoms with Crippen LogP contribution in [0.3, 0.4) is 0 Å². The second-order valence-electron chi connectivity index (χ2n) is 7.76. The number of hydrogen-bond acceptors (Lipinski definition) is 4. The number of nitrogens with zero attached hydrogens (tertiary/aromatic N) is 4. The molecule has 0 saturated heterocycles. The van der Waals surface area contributed by atoms with Crippen molar-refractivity contribution in [1.29, 1.82) is 0 Å². The van der Waals surface area contributed by atoms with Crippen LogP contribution in [0.2, 0.25) is 0 Å². The monoisotopic (exact) mass is 368 g/mol. The summed E-state index contributed by atoms with van der Waals surface area (Å²) >= 11 is 0. The number of benzene rings is 1. The molecule has 1 unspecified atom stereocenters. The van der Waals surface area contributed by atoms with E-state index in [1.165, 1.54) is 28.8 Å². The minimum Gasteiger partial charge on any atom is -0.394 e. The molecule has 0 spiro atoms. The van der Waals surface area contributed by atoms with E-state index < -0.39 is 0 Å². The van der Waals surface area contributed by atoms with Gasteiger partial charge in [-0.1, -0.05) is 12.6 Å². The highest BCUT2D eigenvalue weighted by Crippen LogP contribution is 2.38. The van der Waals surface area contributed by atoms with Crippen LogP contribution in [0.5, 0.6) is 0 Å². The fourth-order valence-corrected chi connectivity index (χ4v) is 3.85. The van der Waals surface area contributed by atoms with Gasteiger partial charge in [0.15, 0.2) is 0 Å². The Labute approximate surface area is 162 Å². The first-order chi connectivity index (χ1) is 12.9. The molecule has 1 atom stereocenters. The lowest BCUT2D eigenvalue weighted by atomic mass is 9.86. The summed E-state index contributed by atoms with van der Waals surface area (Å²) in [5.74, 6) is 0. The van der Waals surface area contributed by atoms with E-state index in [-0.39, 0.29) is 6.61 Å². The van der Waals surface area contributed by atoms with E-state index >= 15 is 0 Å². The molecule has 2 aromatic rings. The maximum Gasteiger partial charge on any atom is 0.0641 e. The van der Waals surface area contributed by atoms with Gasteiger partial charge in [0.05, 0.1) is 19.3 Å². The summed E-state index contributed by atoms with van der Waals surface area (Å²) in [6.45, 7) is 7.13. The van der Waals surface area contributed by atoms with Gasteiger partial charge in [0, 0.05) is 50.3 Å². The summed E-state index contributed by atoms with van der Waals surface area (Å²) in [5, 5.41) is 13.6. The third-order valence-corrected chi connectivity index (χ3v) is 5.83. The Morgan fingerprint density at radius 2 is 2.15 bits per heavy atom. The van der Waals surface area contributed by atoms with Gasteiger partial charge in [-0.25, -0.2) is 0 Å². The lowest BCUT2D eigenvalue weighted by Crippen LogP contribution is -2.34. The summed E-state index contributed by atoms with van der Waals surface area (Å²) in [5.41, 5.74) is 7.76. The van der Waals surface area contributed by atoms with E-state index in [1.807, 2.05) is 17.1 Å². The van der Waals surface area contributed by atoms with E-state index in [9.17, 15) is 5.11 Å². The largest absolute Gasteiger partial charge is 0.394 e. The molecule has 1 aromatic heterocycles. The van der Waals surface area contributed by atoms with E-state index in [2.05, 4.69) is 61.7 Å². The molecule has 27 heavy (non-hydrogen) atoms. The number of aliphatic hydroxyl groups excluding tert-OH is 1. The van der Waals surface area contributed by atoms with E-state index in [1.54, 1.807) is 0 Å². The van der Waals surface area contributed by atoms with Crippen LogP contribution in [0, 0.1) is 0 Å². The molecule has 0 fully saturated rings. The average Bonchev–Trinajstić information content (AvgIpc) is 3.11. The third kappa shape index (κ3) is 4.03. The standard InChI is InChI=1S/C22H32N4O/c1-16(24(3)4)6-8-20-19(18-14-23-26(15-18)12-13-27)10-11-22-21(20)9-7-17(2)25(22)5/h10-11,14-15,17,27H,1,6-9,12-13H2,2-5H3. The average molecular weight is 369 g/mol. The van der Waals surface area contributed by atoms with Gasteiger partial charge in [0.1, 0.15) is 0 Å². The summed E-state index contributed by atoms with van der Waals surface area (Å²) in [6.07, 6.45) is 8.17. The zero-order chi connectivity index (χ0) is 19.6. The molecule has 0 bridgehead atoms. The summed E-state index contributed by atoms with van der Waals surface area (Å²) in [7, 11) is 6.31. The van der Waals surface area contributed by atoms with Crippen molar-refractivity contribution in [3.63, 3.8) is 0 Å². The van der Waals surface area contributed by atoms with Crippen molar-refractivity contribution in [3.8, 4) is 11.1 Å². The quantitative estimate of drug-likeness (QED) is 0.814. The first kappa shape index (κ1) is 19.5. The summed E-state index contributed by atoms with van der Waals surface area (Å²) in [4.78, 5) is 4.50. The lowest BCUT2D eigenvalue weighted by molar-refractivity contribution is 0.269. The zero-order valence-electron chi connectivity index (χ0n) is 17.1. The Balaban J connectivity index is 2.02. The van der Waals surface area contributed by atoms with E-state index in [0.717, 1.165) is 30.5 Å². The van der Waals surface area contributed by atoms with Crippen LogP contribution in [0.1, 0.15) is 30.9 Å². The molecule has 1 aliphatic rings. The van der Waals surface area contributed by atoms with E-state index in [4.69, 9.17) is 0 Å². The fraction of sp³-hybridized carbons (Fsp3) is 0.500. The van der Waals surface area contributed by atoms with Gasteiger partial charge in [-0.05, 0) is 55.4 Å². The molecule has 146 valence electrons. The predicted octanol–water partition coefficient (Wildman–Crippen LogP) is 3.32. The number of fused-ring (bicyclic) bond motifs is 1. The molecule has 1 aromatic carbocycles. The smallest absolute Gasteiger partial charge is 0.0641 e. The Kier molecular flexibility index (Phi) is 5.90. The minimum atomic E-state index is 0.101. The second-order valence-corrected chi connectivity index (χ2v) is 7.76. The Hall–Kier alpha value is -2.27. The van der Waals surface area contributed by atoms with Crippen molar-refractivity contribution in [2.75, 3.05) is 32.6 Å². The molecule has 1 N–H and O–H groups in total. The summed E-state index contributed by atoms with van der Waals surface area (Å²) < 4.78 is 1.81. The Bertz CT molecular complexity index is 809. The predicted molar refractivity (Wildman–Crippen MR) is 112 cm³/mol. The van der Waals surface area contributed by atoms with Crippen LogP contribution in [-0.4, -0.2) is 53.6 Å². The van der Waals surface area contributed by atoms with E-state index in [0.29, 0.717) is 12.6 Å². The zero-order valence-corrected chi connectivity index (χ0v) is 17.1. The number of aliphatic hydroxyl groups is 1. The van der Waals surface area contributed by atoms with Gasteiger partial charge in [-0.2, -0.15) is 5.10 Å². The van der Waals surface area contributed by atoms with Crippen LogP contribution >= 0.6 is 0 Å². The van der Waals surface area contributed by atoms with Crippen molar-refractivity contribution >= 4 is 5.69 Å². The molecule has 0 amide bonds. The van der Waals surface area contributed by atoms with Gasteiger partial charge in [-0.3, -0.25) is 4.68 Å². The first-order valence-electron chi connectivity index (χ1n) is 9.78. The lowest BCUT2D eigenvalue weighted by Gasteiger charge is -2.36. The molecule has 5 nitrogen and oxygen atoms in total. The number of anilines is 1. The highest BCUT2D eigenvalue weighted by atomic mass is 16.3. The van der Waals surface area contributed by atoms with Gasteiger partial charge < -0.3 is 14.9 Å². The first-order valence-corrected chi connectivity index (χ1v) is 9.78. The number of hydrogen-bond donors (Lipinski definition) is 1. The van der Waals surface area contributed by atoms with Crippen molar-refractivity contribution in [2.24, 2.45) is 0 Å². The molecule has 0 aliphatic carbocycles. The van der Waals surface area contributed by atoms with Crippen molar-refractivity contribution in [1.82, 2.24) is 14.7 Å². The Morgan fingerprint density at radius 1 is 1.37 bits per heavy atom. The molecular formula is C22H32N4O. The van der Waals surface area contributed by atoms with Crippen molar-refractivity contribution in [2.45, 2.75) is 45.2 Å². The highest BCUT2D eigenvalue weighted by Gasteiger charge is 2.24. The summed E-state index contributed by atoms with van der Waals surface area (Å²) in [6, 6.07) is 5.07. The highest BCUT2D eigenvalue weighted by molar-refractivity contribution is 5.74. The number of aromatic nitrogens is 2. The molecule has 2 heterocycles. The van der Waals surface area contributed by atoms with Crippen LogP contribution in [0.15, 0.2) is 36.8 Å². The fourth-order valence-electron chi connectivity index (χ4n) is 3.85. The number of rotatable bonds is 7. The third-order valence-electron chi connectivity index (χ3n) is 5.83. The van der Waals surface area contributed by atoms with Gasteiger partial charge in [-0.15, -0.1) is 0 Å². The Morgan fingerprint density at radius 3 is 2.85 bits per heavy atom. The van der Waals surface area contributed by atoms with Crippen molar-refractivity contribution in [3.05, 3.63) is 47.9 Å². The molecule has 0 saturated carbocycles. The molecular weight excluding hydrogens is 336 g/mol. The van der Waals surface area contributed by atoms with Crippen LogP contribution in [0.25, 0.3) is 11.1 Å². The molecule has 3 rings (SSSR count). The van der Waals surface area contributed by atoms with Crippen LogP contribution < -0.4 is 4.90 Å².